The van der Waals surface area contributed by atoms with Crippen molar-refractivity contribution in [1.29, 1.82) is 0 Å². The minimum Gasteiger partial charge on any atom is -0.495 e. The van der Waals surface area contributed by atoms with Gasteiger partial charge in [-0.25, -0.2) is 0 Å². The minimum absolute atomic E-state index is 0.0144. The molecule has 2 N–H and O–H groups in total. The van der Waals surface area contributed by atoms with Crippen LogP contribution >= 0.6 is 0 Å². The number of hydrogen-bond donors (Lipinski definition) is 1. The highest BCUT2D eigenvalue weighted by Gasteiger charge is 2.13. The molecule has 0 aliphatic carbocycles. The predicted octanol–water partition coefficient (Wildman–Crippen LogP) is 3.13. The number of benzene rings is 2. The number of nitrogen functional groups attached to an aromatic ring is 1. The molecule has 3 nitrogen and oxygen atoms in total. The van der Waals surface area contributed by atoms with Crippen molar-refractivity contribution in [2.24, 2.45) is 0 Å². The number of ketones is 1. The first-order valence-electron chi connectivity index (χ1n) is 6.08. The van der Waals surface area contributed by atoms with Gasteiger partial charge in [0.15, 0.2) is 5.78 Å². The van der Waals surface area contributed by atoms with Gasteiger partial charge in [0, 0.05) is 11.1 Å². The van der Waals surface area contributed by atoms with E-state index >= 15 is 0 Å². The summed E-state index contributed by atoms with van der Waals surface area (Å²) in [5, 5.41) is 0. The summed E-state index contributed by atoms with van der Waals surface area (Å²) in [6.07, 6.45) is 0. The van der Waals surface area contributed by atoms with Gasteiger partial charge in [0.1, 0.15) is 5.75 Å². The average molecular weight is 255 g/mol. The van der Waals surface area contributed by atoms with Crippen LogP contribution in [0.1, 0.15) is 27.0 Å². The Morgan fingerprint density at radius 2 is 1.84 bits per heavy atom. The third kappa shape index (κ3) is 2.60. The topological polar surface area (TPSA) is 52.3 Å². The fourth-order valence-corrected chi connectivity index (χ4v) is 1.99. The molecule has 0 saturated carbocycles. The molecule has 0 saturated heterocycles. The van der Waals surface area contributed by atoms with Gasteiger partial charge >= 0.3 is 0 Å². The Bertz CT molecular complexity index is 633. The third-order valence-electron chi connectivity index (χ3n) is 3.13. The first-order chi connectivity index (χ1) is 9.02. The van der Waals surface area contributed by atoms with Crippen LogP contribution in [0.15, 0.2) is 36.4 Å². The van der Waals surface area contributed by atoms with E-state index in [2.05, 4.69) is 0 Å². The Morgan fingerprint density at radius 1 is 1.11 bits per heavy atom. The van der Waals surface area contributed by atoms with Crippen molar-refractivity contribution in [3.05, 3.63) is 58.7 Å². The van der Waals surface area contributed by atoms with Crippen LogP contribution < -0.4 is 10.5 Å². The molecule has 0 aromatic heterocycles. The summed E-state index contributed by atoms with van der Waals surface area (Å²) >= 11 is 0. The summed E-state index contributed by atoms with van der Waals surface area (Å²) < 4.78 is 5.15. The number of anilines is 1. The van der Waals surface area contributed by atoms with E-state index in [1.807, 2.05) is 32.0 Å². The number of aryl methyl sites for hydroxylation is 2. The maximum Gasteiger partial charge on any atom is 0.193 e. The number of ether oxygens (including phenoxy) is 1. The first-order valence-corrected chi connectivity index (χ1v) is 6.08. The van der Waals surface area contributed by atoms with Crippen molar-refractivity contribution in [2.75, 3.05) is 12.8 Å². The molecule has 2 rings (SSSR count). The molecule has 0 bridgehead atoms. The molecular formula is C16H17NO2. The van der Waals surface area contributed by atoms with Crippen LogP contribution in [-0.2, 0) is 0 Å². The molecule has 0 aliphatic rings. The number of methoxy groups -OCH3 is 1. The normalized spacial score (nSPS) is 10.3. The van der Waals surface area contributed by atoms with Gasteiger partial charge in [-0.15, -0.1) is 0 Å². The van der Waals surface area contributed by atoms with Crippen molar-refractivity contribution in [2.45, 2.75) is 13.8 Å². The summed E-state index contributed by atoms with van der Waals surface area (Å²) in [6.45, 7) is 3.90. The van der Waals surface area contributed by atoms with Crippen LogP contribution in [-0.4, -0.2) is 12.9 Å². The lowest BCUT2D eigenvalue weighted by molar-refractivity contribution is 0.103. The van der Waals surface area contributed by atoms with E-state index in [1.165, 1.54) is 7.11 Å². The number of carbonyl (C=O) groups is 1. The molecule has 0 amide bonds. The Morgan fingerprint density at radius 3 is 2.53 bits per heavy atom. The van der Waals surface area contributed by atoms with Gasteiger partial charge < -0.3 is 10.5 Å². The molecule has 3 heteroatoms. The van der Waals surface area contributed by atoms with Crippen molar-refractivity contribution >= 4 is 11.5 Å². The molecule has 0 atom stereocenters. The minimum atomic E-state index is -0.0144. The van der Waals surface area contributed by atoms with E-state index in [4.69, 9.17) is 10.5 Å². The summed E-state index contributed by atoms with van der Waals surface area (Å²) in [4.78, 5) is 12.5. The molecule has 98 valence electrons. The van der Waals surface area contributed by atoms with E-state index in [1.54, 1.807) is 18.2 Å². The molecule has 0 unspecified atom stereocenters. The van der Waals surface area contributed by atoms with Gasteiger partial charge in [0.25, 0.3) is 0 Å². The van der Waals surface area contributed by atoms with E-state index in [-0.39, 0.29) is 5.78 Å². The zero-order chi connectivity index (χ0) is 14.0. The van der Waals surface area contributed by atoms with Crippen LogP contribution in [0.5, 0.6) is 5.75 Å². The number of carbonyl (C=O) groups excluding carboxylic acids is 1. The highest BCUT2D eigenvalue weighted by molar-refractivity contribution is 6.10. The highest BCUT2D eigenvalue weighted by Crippen LogP contribution is 2.24. The van der Waals surface area contributed by atoms with Gasteiger partial charge in [-0.05, 0) is 43.7 Å². The van der Waals surface area contributed by atoms with Crippen molar-refractivity contribution in [3.8, 4) is 5.75 Å². The van der Waals surface area contributed by atoms with E-state index in [0.29, 0.717) is 22.6 Å². The van der Waals surface area contributed by atoms with Crippen molar-refractivity contribution in [3.63, 3.8) is 0 Å². The molecule has 0 aliphatic heterocycles. The second-order valence-corrected chi connectivity index (χ2v) is 4.60. The molecular weight excluding hydrogens is 238 g/mol. The Hall–Kier alpha value is -2.29. The van der Waals surface area contributed by atoms with Gasteiger partial charge in [-0.2, -0.15) is 0 Å². The van der Waals surface area contributed by atoms with E-state index < -0.39 is 0 Å². The second kappa shape index (κ2) is 5.14. The van der Waals surface area contributed by atoms with E-state index in [0.717, 1.165) is 11.1 Å². The Balaban J connectivity index is 2.47. The maximum absolute atomic E-state index is 12.5. The van der Waals surface area contributed by atoms with Crippen molar-refractivity contribution in [1.82, 2.24) is 0 Å². The van der Waals surface area contributed by atoms with Crippen LogP contribution in [0.3, 0.4) is 0 Å². The summed E-state index contributed by atoms with van der Waals surface area (Å²) in [5.74, 6) is 0.510. The van der Waals surface area contributed by atoms with Crippen LogP contribution in [0.25, 0.3) is 0 Å². The third-order valence-corrected chi connectivity index (χ3v) is 3.13. The lowest BCUT2D eigenvalue weighted by atomic mass is 9.97. The fourth-order valence-electron chi connectivity index (χ4n) is 1.99. The summed E-state index contributed by atoms with van der Waals surface area (Å²) in [6, 6.07) is 11.0. The summed E-state index contributed by atoms with van der Waals surface area (Å²) in [7, 11) is 1.54. The fraction of sp³-hybridized carbons (Fsp3) is 0.188. The van der Waals surface area contributed by atoms with Gasteiger partial charge in [0.05, 0.1) is 12.8 Å². The SMILES string of the molecule is COc1cc(C(=O)c2cc(C)ccc2C)ccc1N. The van der Waals surface area contributed by atoms with Crippen molar-refractivity contribution < 1.29 is 9.53 Å². The van der Waals surface area contributed by atoms with Gasteiger partial charge in [0.2, 0.25) is 0 Å². The van der Waals surface area contributed by atoms with Gasteiger partial charge in [-0.1, -0.05) is 17.7 Å². The predicted molar refractivity (Wildman–Crippen MR) is 76.8 cm³/mol. The molecule has 2 aromatic carbocycles. The molecule has 2 aromatic rings. The number of rotatable bonds is 3. The summed E-state index contributed by atoms with van der Waals surface area (Å²) in [5.41, 5.74) is 9.61. The van der Waals surface area contributed by atoms with Crippen LogP contribution in [0.2, 0.25) is 0 Å². The highest BCUT2D eigenvalue weighted by atomic mass is 16.5. The average Bonchev–Trinajstić information content (AvgIpc) is 2.41. The van der Waals surface area contributed by atoms with Gasteiger partial charge in [-0.3, -0.25) is 4.79 Å². The molecule has 0 heterocycles. The van der Waals surface area contributed by atoms with E-state index in [9.17, 15) is 4.79 Å². The lowest BCUT2D eigenvalue weighted by Crippen LogP contribution is -2.05. The smallest absolute Gasteiger partial charge is 0.193 e. The Labute approximate surface area is 113 Å². The molecule has 0 fully saturated rings. The monoisotopic (exact) mass is 255 g/mol. The zero-order valence-corrected chi connectivity index (χ0v) is 11.4. The largest absolute Gasteiger partial charge is 0.495 e. The number of nitrogens with two attached hydrogens (primary N) is 1. The van der Waals surface area contributed by atoms with Crippen LogP contribution in [0, 0.1) is 13.8 Å². The molecule has 0 radical (unpaired) electrons. The Kier molecular flexibility index (Phi) is 3.56. The quantitative estimate of drug-likeness (QED) is 0.677. The second-order valence-electron chi connectivity index (χ2n) is 4.60. The number of hydrogen-bond acceptors (Lipinski definition) is 3. The maximum atomic E-state index is 12.5. The lowest BCUT2D eigenvalue weighted by Gasteiger charge is -2.09. The zero-order valence-electron chi connectivity index (χ0n) is 11.4. The standard InChI is InChI=1S/C16H17NO2/c1-10-4-5-11(2)13(8-10)16(18)12-6-7-14(17)15(9-12)19-3/h4-9H,17H2,1-3H3. The first kappa shape index (κ1) is 13.1. The van der Waals surface area contributed by atoms with Crippen LogP contribution in [0.4, 0.5) is 5.69 Å². The molecule has 19 heavy (non-hydrogen) atoms. The molecule has 0 spiro atoms.